The summed E-state index contributed by atoms with van der Waals surface area (Å²) in [6, 6.07) is 17.5. The van der Waals surface area contributed by atoms with Gasteiger partial charge in [-0.1, -0.05) is 36.4 Å². The number of nitrogens with one attached hydrogen (secondary N) is 1. The molecule has 2 saturated heterocycles. The van der Waals surface area contributed by atoms with Crippen LogP contribution in [0, 0.1) is 0 Å². The second-order valence-corrected chi connectivity index (χ2v) is 7.63. The van der Waals surface area contributed by atoms with Gasteiger partial charge in [0.1, 0.15) is 0 Å². The molecule has 28 heavy (non-hydrogen) atoms. The highest BCUT2D eigenvalue weighted by atomic mass is 16.2. The Morgan fingerprint density at radius 2 is 1.64 bits per heavy atom. The monoisotopic (exact) mass is 377 g/mol. The van der Waals surface area contributed by atoms with Crippen LogP contribution in [0.2, 0.25) is 0 Å². The van der Waals surface area contributed by atoms with E-state index in [4.69, 9.17) is 0 Å². The lowest BCUT2D eigenvalue weighted by Crippen LogP contribution is -2.36. The maximum atomic E-state index is 12.9. The van der Waals surface area contributed by atoms with E-state index in [0.29, 0.717) is 11.3 Å². The maximum Gasteiger partial charge on any atom is 0.322 e. The van der Waals surface area contributed by atoms with Gasteiger partial charge in [0.05, 0.1) is 6.04 Å². The van der Waals surface area contributed by atoms with Crippen LogP contribution in [-0.4, -0.2) is 41.4 Å². The molecule has 0 saturated carbocycles. The van der Waals surface area contributed by atoms with Gasteiger partial charge >= 0.3 is 6.03 Å². The summed E-state index contributed by atoms with van der Waals surface area (Å²) in [6.45, 7) is 2.39. The Hall–Kier alpha value is -2.82. The molecule has 1 atom stereocenters. The molecule has 0 spiro atoms. The van der Waals surface area contributed by atoms with Gasteiger partial charge in [0, 0.05) is 30.9 Å². The minimum Gasteiger partial charge on any atom is -0.339 e. The number of carbonyl (C=O) groups excluding carboxylic acids is 2. The number of urea groups is 1. The SMILES string of the molecule is O=C(c1cccc(NC(=O)N2CCC[C@@H]2c2ccccc2)c1)N1CCCCC1. The first kappa shape index (κ1) is 18.5. The van der Waals surface area contributed by atoms with Crippen LogP contribution in [0.25, 0.3) is 0 Å². The summed E-state index contributed by atoms with van der Waals surface area (Å²) in [5.74, 6) is 0.0548. The molecular formula is C23H27N3O2. The Morgan fingerprint density at radius 3 is 2.43 bits per heavy atom. The van der Waals surface area contributed by atoms with Gasteiger partial charge in [-0.3, -0.25) is 4.79 Å². The zero-order valence-corrected chi connectivity index (χ0v) is 16.1. The first-order chi connectivity index (χ1) is 13.7. The van der Waals surface area contributed by atoms with E-state index in [1.54, 1.807) is 6.07 Å². The molecule has 2 fully saturated rings. The summed E-state index contributed by atoms with van der Waals surface area (Å²) in [6.07, 6.45) is 5.31. The summed E-state index contributed by atoms with van der Waals surface area (Å²) < 4.78 is 0. The van der Waals surface area contributed by atoms with Crippen LogP contribution in [0.1, 0.15) is 54.1 Å². The van der Waals surface area contributed by atoms with Gasteiger partial charge in [0.2, 0.25) is 0 Å². The lowest BCUT2D eigenvalue weighted by molar-refractivity contribution is 0.0724. The molecule has 0 unspecified atom stereocenters. The van der Waals surface area contributed by atoms with E-state index in [2.05, 4.69) is 17.4 Å². The largest absolute Gasteiger partial charge is 0.339 e. The highest BCUT2D eigenvalue weighted by Crippen LogP contribution is 2.32. The first-order valence-corrected chi connectivity index (χ1v) is 10.2. The van der Waals surface area contributed by atoms with Crippen LogP contribution in [0.4, 0.5) is 10.5 Å². The molecule has 3 amide bonds. The quantitative estimate of drug-likeness (QED) is 0.844. The van der Waals surface area contributed by atoms with Crippen molar-refractivity contribution >= 4 is 17.6 Å². The second-order valence-electron chi connectivity index (χ2n) is 7.63. The molecule has 0 aromatic heterocycles. The average molecular weight is 377 g/mol. The third-order valence-corrected chi connectivity index (χ3v) is 5.70. The van der Waals surface area contributed by atoms with Gasteiger partial charge in [-0.2, -0.15) is 0 Å². The molecule has 2 aromatic rings. The van der Waals surface area contributed by atoms with Crippen molar-refractivity contribution in [3.8, 4) is 0 Å². The van der Waals surface area contributed by atoms with Crippen molar-refractivity contribution in [2.75, 3.05) is 25.0 Å². The van der Waals surface area contributed by atoms with Crippen molar-refractivity contribution in [1.82, 2.24) is 9.80 Å². The Labute approximate surface area is 166 Å². The highest BCUT2D eigenvalue weighted by Gasteiger charge is 2.30. The average Bonchev–Trinajstić information content (AvgIpc) is 3.25. The van der Waals surface area contributed by atoms with Crippen LogP contribution < -0.4 is 5.32 Å². The molecule has 5 nitrogen and oxygen atoms in total. The molecule has 2 heterocycles. The van der Waals surface area contributed by atoms with Crippen LogP contribution in [0.5, 0.6) is 0 Å². The van der Waals surface area contributed by atoms with Crippen molar-refractivity contribution in [1.29, 1.82) is 0 Å². The summed E-state index contributed by atoms with van der Waals surface area (Å²) in [5.41, 5.74) is 2.48. The number of carbonyl (C=O) groups is 2. The van der Waals surface area contributed by atoms with Gasteiger partial charge in [-0.15, -0.1) is 0 Å². The van der Waals surface area contributed by atoms with Crippen molar-refractivity contribution in [3.63, 3.8) is 0 Å². The van der Waals surface area contributed by atoms with Crippen LogP contribution in [-0.2, 0) is 0 Å². The normalized spacial score (nSPS) is 19.5. The lowest BCUT2D eigenvalue weighted by Gasteiger charge is -2.27. The fourth-order valence-corrected chi connectivity index (χ4v) is 4.24. The molecule has 4 rings (SSSR count). The van der Waals surface area contributed by atoms with Crippen molar-refractivity contribution in [2.24, 2.45) is 0 Å². The van der Waals surface area contributed by atoms with Crippen LogP contribution in [0.3, 0.4) is 0 Å². The molecule has 0 radical (unpaired) electrons. The topological polar surface area (TPSA) is 52.7 Å². The summed E-state index contributed by atoms with van der Waals surface area (Å²) in [7, 11) is 0. The third kappa shape index (κ3) is 4.03. The van der Waals surface area contributed by atoms with E-state index in [1.165, 1.54) is 12.0 Å². The van der Waals surface area contributed by atoms with E-state index in [-0.39, 0.29) is 18.0 Å². The summed E-state index contributed by atoms with van der Waals surface area (Å²) >= 11 is 0. The maximum absolute atomic E-state index is 12.9. The fourth-order valence-electron chi connectivity index (χ4n) is 4.24. The molecule has 1 N–H and O–H groups in total. The molecular weight excluding hydrogens is 350 g/mol. The number of amides is 3. The fraction of sp³-hybridized carbons (Fsp3) is 0.391. The van der Waals surface area contributed by atoms with Gasteiger partial charge in [0.25, 0.3) is 5.91 Å². The standard InChI is InChI=1S/C23H27N3O2/c27-22(25-14-5-2-6-15-25)19-11-7-12-20(17-19)24-23(28)26-16-8-13-21(26)18-9-3-1-4-10-18/h1,3-4,7,9-12,17,21H,2,5-6,8,13-16H2,(H,24,28)/t21-/m1/s1. The van der Waals surface area contributed by atoms with Gasteiger partial charge < -0.3 is 15.1 Å². The van der Waals surface area contributed by atoms with E-state index in [0.717, 1.165) is 45.3 Å². The van der Waals surface area contributed by atoms with E-state index < -0.39 is 0 Å². The van der Waals surface area contributed by atoms with Crippen LogP contribution >= 0.6 is 0 Å². The molecule has 2 aliphatic rings. The predicted octanol–water partition coefficient (Wildman–Crippen LogP) is 4.68. The molecule has 2 aromatic carbocycles. The highest BCUT2D eigenvalue weighted by molar-refractivity contribution is 5.97. The number of hydrogen-bond acceptors (Lipinski definition) is 2. The predicted molar refractivity (Wildman–Crippen MR) is 110 cm³/mol. The zero-order chi connectivity index (χ0) is 19.3. The number of rotatable bonds is 3. The Balaban J connectivity index is 1.45. The van der Waals surface area contributed by atoms with Gasteiger partial charge in [0.15, 0.2) is 0 Å². The van der Waals surface area contributed by atoms with Gasteiger partial charge in [-0.25, -0.2) is 4.79 Å². The van der Waals surface area contributed by atoms with Crippen molar-refractivity contribution < 1.29 is 9.59 Å². The molecule has 2 aliphatic heterocycles. The number of nitrogens with zero attached hydrogens (tertiary/aromatic N) is 2. The first-order valence-electron chi connectivity index (χ1n) is 10.2. The van der Waals surface area contributed by atoms with Crippen molar-refractivity contribution in [2.45, 2.75) is 38.1 Å². The molecule has 146 valence electrons. The minimum absolute atomic E-state index is 0.0548. The third-order valence-electron chi connectivity index (χ3n) is 5.70. The number of likely N-dealkylation sites (tertiary alicyclic amines) is 2. The van der Waals surface area contributed by atoms with E-state index in [1.807, 2.05) is 46.2 Å². The molecule has 0 aliphatic carbocycles. The van der Waals surface area contributed by atoms with E-state index in [9.17, 15) is 9.59 Å². The minimum atomic E-state index is -0.103. The second kappa shape index (κ2) is 8.46. The number of benzene rings is 2. The summed E-state index contributed by atoms with van der Waals surface area (Å²) in [5, 5.41) is 3.00. The zero-order valence-electron chi connectivity index (χ0n) is 16.1. The molecule has 0 bridgehead atoms. The van der Waals surface area contributed by atoms with E-state index >= 15 is 0 Å². The smallest absolute Gasteiger partial charge is 0.322 e. The number of anilines is 1. The molecule has 5 heteroatoms. The lowest BCUT2D eigenvalue weighted by atomic mass is 10.1. The number of hydrogen-bond donors (Lipinski definition) is 1. The van der Waals surface area contributed by atoms with Crippen molar-refractivity contribution in [3.05, 3.63) is 65.7 Å². The Kier molecular flexibility index (Phi) is 5.60. The van der Waals surface area contributed by atoms with Gasteiger partial charge in [-0.05, 0) is 55.9 Å². The Morgan fingerprint density at radius 1 is 0.857 bits per heavy atom. The summed E-state index contributed by atoms with van der Waals surface area (Å²) in [4.78, 5) is 29.4. The number of piperidine rings is 1. The van der Waals surface area contributed by atoms with Crippen LogP contribution in [0.15, 0.2) is 54.6 Å². The Bertz CT molecular complexity index is 831.